The Kier molecular flexibility index (Phi) is 9.86. The van der Waals surface area contributed by atoms with Crippen molar-refractivity contribution >= 4 is 22.9 Å². The number of para-hydroxylation sites is 1. The van der Waals surface area contributed by atoms with Crippen molar-refractivity contribution in [2.45, 2.75) is 39.9 Å². The molecule has 6 nitrogen and oxygen atoms in total. The molecule has 0 unspecified atom stereocenters. The molecule has 0 bridgehead atoms. The Labute approximate surface area is 251 Å². The molecular weight excluding hydrogens is 542 g/mol. The van der Waals surface area contributed by atoms with Crippen LogP contribution in [-0.2, 0) is 19.6 Å². The molecule has 0 aliphatic rings. The van der Waals surface area contributed by atoms with Crippen molar-refractivity contribution in [2.75, 3.05) is 5.43 Å². The lowest BCUT2D eigenvalue weighted by Gasteiger charge is -2.16. The van der Waals surface area contributed by atoms with Crippen molar-refractivity contribution < 1.29 is 14.3 Å². The van der Waals surface area contributed by atoms with Gasteiger partial charge in [0.2, 0.25) is 0 Å². The van der Waals surface area contributed by atoms with E-state index >= 15 is 0 Å². The van der Waals surface area contributed by atoms with Gasteiger partial charge in [-0.25, -0.2) is 4.98 Å². The van der Waals surface area contributed by atoms with E-state index in [4.69, 9.17) is 9.47 Å². The van der Waals surface area contributed by atoms with Crippen molar-refractivity contribution in [3.8, 4) is 22.1 Å². The van der Waals surface area contributed by atoms with Gasteiger partial charge in [0, 0.05) is 5.38 Å². The van der Waals surface area contributed by atoms with E-state index in [2.05, 4.69) is 29.7 Å². The number of nitrogens with zero attached hydrogens (tertiary/aromatic N) is 1. The largest absolute Gasteiger partial charge is 0.489 e. The Morgan fingerprint density at radius 2 is 1.50 bits per heavy atom. The Hall–Kier alpha value is -4.62. The van der Waals surface area contributed by atoms with Crippen LogP contribution in [0.25, 0.3) is 10.6 Å². The average Bonchev–Trinajstić information content (AvgIpc) is 3.52. The lowest BCUT2D eigenvalue weighted by atomic mass is 10.0. The molecule has 1 aromatic heterocycles. The smallest absolute Gasteiger partial charge is 0.289 e. The molecule has 0 saturated heterocycles. The Bertz CT molecular complexity index is 1590. The molecule has 2 N–H and O–H groups in total. The minimum absolute atomic E-state index is 0.306. The van der Waals surface area contributed by atoms with Crippen LogP contribution in [0.5, 0.6) is 11.5 Å². The molecule has 7 heteroatoms. The predicted octanol–water partition coefficient (Wildman–Crippen LogP) is 8.31. The Morgan fingerprint density at radius 1 is 0.833 bits per heavy atom. The summed E-state index contributed by atoms with van der Waals surface area (Å²) in [7, 11) is 0. The highest BCUT2D eigenvalue weighted by Gasteiger charge is 2.16. The summed E-state index contributed by atoms with van der Waals surface area (Å²) >= 11 is 1.41. The van der Waals surface area contributed by atoms with Gasteiger partial charge in [-0.3, -0.25) is 15.6 Å². The van der Waals surface area contributed by atoms with E-state index in [-0.39, 0.29) is 5.91 Å². The quantitative estimate of drug-likeness (QED) is 0.138. The fourth-order valence-corrected chi connectivity index (χ4v) is 5.20. The second-order valence-electron chi connectivity index (χ2n) is 10.4. The first-order valence-corrected chi connectivity index (χ1v) is 15.0. The second-order valence-corrected chi connectivity index (χ2v) is 11.3. The Balaban J connectivity index is 1.24. The fourth-order valence-electron chi connectivity index (χ4n) is 4.37. The van der Waals surface area contributed by atoms with E-state index in [1.165, 1.54) is 11.3 Å². The van der Waals surface area contributed by atoms with Gasteiger partial charge < -0.3 is 9.47 Å². The average molecular weight is 578 g/mol. The summed E-state index contributed by atoms with van der Waals surface area (Å²) in [5.74, 6) is 1.77. The first-order chi connectivity index (χ1) is 20.5. The number of hydrogen-bond acceptors (Lipinski definition) is 6. The zero-order valence-electron chi connectivity index (χ0n) is 23.9. The summed E-state index contributed by atoms with van der Waals surface area (Å²) in [5.41, 5.74) is 11.3. The molecule has 4 aromatic carbocycles. The van der Waals surface area contributed by atoms with Crippen LogP contribution < -0.4 is 20.3 Å². The van der Waals surface area contributed by atoms with Crippen LogP contribution in [0.2, 0.25) is 0 Å². The zero-order valence-corrected chi connectivity index (χ0v) is 24.7. The van der Waals surface area contributed by atoms with Crippen molar-refractivity contribution in [1.29, 1.82) is 0 Å². The van der Waals surface area contributed by atoms with Gasteiger partial charge in [-0.05, 0) is 65.8 Å². The van der Waals surface area contributed by atoms with E-state index in [9.17, 15) is 4.79 Å². The number of hydrazine groups is 1. The van der Waals surface area contributed by atoms with Crippen molar-refractivity contribution in [1.82, 2.24) is 10.4 Å². The molecule has 0 saturated carbocycles. The van der Waals surface area contributed by atoms with Crippen molar-refractivity contribution in [3.05, 3.63) is 131 Å². The second kappa shape index (κ2) is 14.3. The van der Waals surface area contributed by atoms with E-state index in [0.717, 1.165) is 57.3 Å². The minimum atomic E-state index is -0.306. The standard InChI is InChI=1S/C35H35N3O3S/c1-25(2)17-18-28-21-29(40-22-26-11-5-3-6-12-26)19-20-31(28)37-38-34(39)32-24-42-35(36-32)30-15-9-10-16-33(30)41-23-27-13-7-4-8-14-27/h3-16,19-21,24-25,37H,17-18,22-23H2,1-2H3,(H,38,39). The highest BCUT2D eigenvalue weighted by Crippen LogP contribution is 2.33. The van der Waals surface area contributed by atoms with Crippen molar-refractivity contribution in [2.24, 2.45) is 5.92 Å². The number of carbonyl (C=O) groups is 1. The molecular formula is C35H35N3O3S. The van der Waals surface area contributed by atoms with Crippen LogP contribution in [0.1, 0.15) is 47.4 Å². The number of carbonyl (C=O) groups excluding carboxylic acids is 1. The third-order valence-electron chi connectivity index (χ3n) is 6.72. The van der Waals surface area contributed by atoms with Gasteiger partial charge in [-0.15, -0.1) is 11.3 Å². The number of thiazole rings is 1. The summed E-state index contributed by atoms with van der Waals surface area (Å²) in [5, 5.41) is 2.49. The molecule has 214 valence electrons. The molecule has 1 heterocycles. The normalized spacial score (nSPS) is 10.8. The van der Waals surface area contributed by atoms with Gasteiger partial charge in [0.25, 0.3) is 5.91 Å². The van der Waals surface area contributed by atoms with E-state index in [1.54, 1.807) is 5.38 Å². The zero-order chi connectivity index (χ0) is 29.1. The van der Waals surface area contributed by atoms with Gasteiger partial charge in [0.15, 0.2) is 0 Å². The molecule has 0 fully saturated rings. The van der Waals surface area contributed by atoms with Crippen LogP contribution >= 0.6 is 11.3 Å². The maximum Gasteiger partial charge on any atom is 0.289 e. The number of nitrogens with one attached hydrogen (secondary N) is 2. The van der Waals surface area contributed by atoms with Gasteiger partial charge in [-0.2, -0.15) is 0 Å². The number of hydrogen-bond donors (Lipinski definition) is 2. The third kappa shape index (κ3) is 7.98. The summed E-state index contributed by atoms with van der Waals surface area (Å²) < 4.78 is 12.2. The van der Waals surface area contributed by atoms with E-state index in [1.807, 2.05) is 103 Å². The lowest BCUT2D eigenvalue weighted by Crippen LogP contribution is -2.30. The molecule has 0 atom stereocenters. The number of rotatable bonds is 13. The SMILES string of the molecule is CC(C)CCc1cc(OCc2ccccc2)ccc1NNC(=O)c1csc(-c2ccccc2OCc2ccccc2)n1. The molecule has 5 rings (SSSR count). The van der Waals surface area contributed by atoms with Gasteiger partial charge >= 0.3 is 0 Å². The van der Waals surface area contributed by atoms with Crippen LogP contribution in [0.4, 0.5) is 5.69 Å². The Morgan fingerprint density at radius 3 is 2.21 bits per heavy atom. The first kappa shape index (κ1) is 28.9. The lowest BCUT2D eigenvalue weighted by molar-refractivity contribution is 0.0958. The van der Waals surface area contributed by atoms with Crippen molar-refractivity contribution in [3.63, 3.8) is 0 Å². The van der Waals surface area contributed by atoms with Crippen LogP contribution in [0.15, 0.2) is 109 Å². The molecule has 5 aromatic rings. The number of aromatic nitrogens is 1. The van der Waals surface area contributed by atoms with E-state index < -0.39 is 0 Å². The molecule has 0 radical (unpaired) electrons. The first-order valence-electron chi connectivity index (χ1n) is 14.1. The molecule has 1 amide bonds. The van der Waals surface area contributed by atoms with Crippen LogP contribution in [-0.4, -0.2) is 10.9 Å². The minimum Gasteiger partial charge on any atom is -0.489 e. The fraction of sp³-hybridized carbons (Fsp3) is 0.200. The monoisotopic (exact) mass is 577 g/mol. The van der Waals surface area contributed by atoms with Gasteiger partial charge in [0.1, 0.15) is 35.4 Å². The molecule has 0 spiro atoms. The predicted molar refractivity (Wildman–Crippen MR) is 170 cm³/mol. The number of anilines is 1. The number of aryl methyl sites for hydroxylation is 1. The maximum absolute atomic E-state index is 13.1. The third-order valence-corrected chi connectivity index (χ3v) is 7.59. The highest BCUT2D eigenvalue weighted by atomic mass is 32.1. The summed E-state index contributed by atoms with van der Waals surface area (Å²) in [6, 6.07) is 33.8. The van der Waals surface area contributed by atoms with E-state index in [0.29, 0.717) is 24.8 Å². The highest BCUT2D eigenvalue weighted by molar-refractivity contribution is 7.13. The van der Waals surface area contributed by atoms with Gasteiger partial charge in [-0.1, -0.05) is 86.6 Å². The summed E-state index contributed by atoms with van der Waals surface area (Å²) in [6.07, 6.45) is 1.88. The number of amides is 1. The number of benzene rings is 4. The maximum atomic E-state index is 13.1. The number of ether oxygens (including phenoxy) is 2. The van der Waals surface area contributed by atoms with Crippen LogP contribution in [0, 0.1) is 5.92 Å². The molecule has 0 aliphatic heterocycles. The molecule has 0 aliphatic carbocycles. The van der Waals surface area contributed by atoms with Gasteiger partial charge in [0.05, 0.1) is 11.3 Å². The summed E-state index contributed by atoms with van der Waals surface area (Å²) in [6.45, 7) is 5.36. The molecule has 42 heavy (non-hydrogen) atoms. The topological polar surface area (TPSA) is 72.5 Å². The summed E-state index contributed by atoms with van der Waals surface area (Å²) in [4.78, 5) is 17.7. The van der Waals surface area contributed by atoms with Crippen LogP contribution in [0.3, 0.4) is 0 Å².